The average molecular weight is 564 g/mol. The normalized spacial score (nSPS) is 17.1. The molecule has 10 nitrogen and oxygen atoms in total. The molecule has 1 saturated heterocycles. The molecule has 39 heavy (non-hydrogen) atoms. The highest BCUT2D eigenvalue weighted by Gasteiger charge is 2.42. The smallest absolute Gasteiger partial charge is 0.335 e. The van der Waals surface area contributed by atoms with Crippen molar-refractivity contribution in [3.63, 3.8) is 0 Å². The first-order valence-electron chi connectivity index (χ1n) is 11.8. The number of benzene rings is 2. The van der Waals surface area contributed by atoms with Gasteiger partial charge in [-0.15, -0.1) is 0 Å². The maximum Gasteiger partial charge on any atom is 0.335 e. The van der Waals surface area contributed by atoms with Gasteiger partial charge in [-0.2, -0.15) is 0 Å². The topological polar surface area (TPSA) is 126 Å². The molecule has 2 aromatic carbocycles. The van der Waals surface area contributed by atoms with Crippen LogP contribution in [0.5, 0.6) is 5.75 Å². The van der Waals surface area contributed by atoms with Crippen LogP contribution in [0.15, 0.2) is 85.2 Å². The number of thiocarbonyl (C=S) groups is 1. The zero-order valence-electron chi connectivity index (χ0n) is 21.0. The molecule has 4 aromatic rings. The molecule has 1 fully saturated rings. The summed E-state index contributed by atoms with van der Waals surface area (Å²) < 4.78 is 34.0. The predicted molar refractivity (Wildman–Crippen MR) is 152 cm³/mol. The number of hydrogen-bond donors (Lipinski definition) is 3. The Balaban J connectivity index is 1.65. The van der Waals surface area contributed by atoms with Gasteiger partial charge in [0.25, 0.3) is 0 Å². The van der Waals surface area contributed by atoms with Crippen molar-refractivity contribution in [1.29, 1.82) is 0 Å². The lowest BCUT2D eigenvalue weighted by Crippen LogP contribution is -2.30. The van der Waals surface area contributed by atoms with E-state index in [2.05, 4.69) is 15.0 Å². The summed E-state index contributed by atoms with van der Waals surface area (Å²) in [6, 6.07) is 20.5. The van der Waals surface area contributed by atoms with Crippen molar-refractivity contribution in [3.05, 3.63) is 102 Å². The number of carboxylic acids is 1. The summed E-state index contributed by atoms with van der Waals surface area (Å²) in [5, 5.41) is 13.1. The van der Waals surface area contributed by atoms with Gasteiger partial charge in [-0.1, -0.05) is 6.07 Å². The number of nitrogens with one attached hydrogen (secondary N) is 2. The Morgan fingerprint density at radius 2 is 1.82 bits per heavy atom. The molecular formula is C27H25N5O5S2. The van der Waals surface area contributed by atoms with Gasteiger partial charge in [-0.3, -0.25) is 9.71 Å². The minimum atomic E-state index is -3.58. The fraction of sp³-hybridized carbons (Fsp3) is 0.148. The molecule has 1 aliphatic rings. The second kappa shape index (κ2) is 10.4. The van der Waals surface area contributed by atoms with Crippen LogP contribution in [0.1, 0.15) is 33.8 Å². The number of ether oxygens (including phenoxy) is 1. The van der Waals surface area contributed by atoms with Crippen molar-refractivity contribution >= 4 is 44.7 Å². The highest BCUT2D eigenvalue weighted by Crippen LogP contribution is 2.43. The van der Waals surface area contributed by atoms with Crippen molar-refractivity contribution in [2.75, 3.05) is 23.0 Å². The Labute approximate surface area is 230 Å². The molecule has 0 saturated carbocycles. The first kappa shape index (κ1) is 26.2. The van der Waals surface area contributed by atoms with Crippen LogP contribution in [0.4, 0.5) is 11.4 Å². The third-order valence-corrected chi connectivity index (χ3v) is 7.24. The van der Waals surface area contributed by atoms with E-state index in [9.17, 15) is 18.3 Å². The molecule has 5 rings (SSSR count). The van der Waals surface area contributed by atoms with Crippen molar-refractivity contribution in [2.24, 2.45) is 0 Å². The van der Waals surface area contributed by atoms with Crippen LogP contribution < -0.4 is 19.7 Å². The molecule has 0 radical (unpaired) electrons. The first-order chi connectivity index (χ1) is 18.7. The largest absolute Gasteiger partial charge is 0.495 e. The summed E-state index contributed by atoms with van der Waals surface area (Å²) >= 11 is 5.81. The van der Waals surface area contributed by atoms with Gasteiger partial charge in [0.1, 0.15) is 11.8 Å². The van der Waals surface area contributed by atoms with E-state index < -0.39 is 22.0 Å². The second-order valence-corrected chi connectivity index (χ2v) is 11.0. The Morgan fingerprint density at radius 1 is 1.08 bits per heavy atom. The fourth-order valence-electron chi connectivity index (χ4n) is 4.69. The monoisotopic (exact) mass is 563 g/mol. The number of carboxylic acid groups (broad SMARTS) is 1. The van der Waals surface area contributed by atoms with Crippen molar-refractivity contribution in [1.82, 2.24) is 14.9 Å². The first-order valence-corrected chi connectivity index (χ1v) is 14.1. The van der Waals surface area contributed by atoms with Crippen LogP contribution in [0.2, 0.25) is 0 Å². The van der Waals surface area contributed by atoms with E-state index >= 15 is 0 Å². The lowest BCUT2D eigenvalue weighted by atomic mass is 10.0. The predicted octanol–water partition coefficient (Wildman–Crippen LogP) is 4.13. The van der Waals surface area contributed by atoms with Gasteiger partial charge in [0.05, 0.1) is 36.4 Å². The van der Waals surface area contributed by atoms with Gasteiger partial charge >= 0.3 is 5.97 Å². The zero-order chi connectivity index (χ0) is 27.7. The van der Waals surface area contributed by atoms with Crippen molar-refractivity contribution in [3.8, 4) is 11.4 Å². The molecule has 0 amide bonds. The molecular weight excluding hydrogens is 538 g/mol. The van der Waals surface area contributed by atoms with Gasteiger partial charge in [0.2, 0.25) is 10.0 Å². The van der Waals surface area contributed by atoms with E-state index in [4.69, 9.17) is 17.0 Å². The minimum Gasteiger partial charge on any atom is -0.495 e. The quantitative estimate of drug-likeness (QED) is 0.271. The summed E-state index contributed by atoms with van der Waals surface area (Å²) in [6.07, 6.45) is 4.68. The number of pyridine rings is 1. The Kier molecular flexibility index (Phi) is 6.98. The van der Waals surface area contributed by atoms with Gasteiger partial charge in [-0.05, 0) is 78.9 Å². The van der Waals surface area contributed by atoms with E-state index in [1.807, 2.05) is 52.1 Å². The van der Waals surface area contributed by atoms with E-state index in [1.165, 1.54) is 7.11 Å². The Morgan fingerprint density at radius 3 is 2.46 bits per heavy atom. The molecule has 2 atom stereocenters. The van der Waals surface area contributed by atoms with Crippen LogP contribution in [0.3, 0.4) is 0 Å². The number of rotatable bonds is 8. The summed E-state index contributed by atoms with van der Waals surface area (Å²) in [7, 11) is -2.11. The van der Waals surface area contributed by atoms with Crippen LogP contribution in [0.25, 0.3) is 5.69 Å². The zero-order valence-corrected chi connectivity index (χ0v) is 22.6. The maximum absolute atomic E-state index is 12.1. The van der Waals surface area contributed by atoms with Crippen LogP contribution in [0, 0.1) is 0 Å². The van der Waals surface area contributed by atoms with Crippen molar-refractivity contribution < 1.29 is 23.1 Å². The molecule has 0 unspecified atom stereocenters. The van der Waals surface area contributed by atoms with Crippen LogP contribution >= 0.6 is 12.2 Å². The second-order valence-electron chi connectivity index (χ2n) is 8.91. The van der Waals surface area contributed by atoms with E-state index in [0.717, 1.165) is 23.3 Å². The maximum atomic E-state index is 12.1. The summed E-state index contributed by atoms with van der Waals surface area (Å²) in [5.74, 6) is -0.638. The van der Waals surface area contributed by atoms with E-state index in [1.54, 1.807) is 42.6 Å². The number of aromatic carboxylic acids is 1. The molecule has 12 heteroatoms. The number of anilines is 2. The third kappa shape index (κ3) is 5.29. The number of methoxy groups -OCH3 is 1. The van der Waals surface area contributed by atoms with E-state index in [0.29, 0.717) is 16.5 Å². The molecule has 3 heterocycles. The molecule has 3 N–H and O–H groups in total. The average Bonchev–Trinajstić information content (AvgIpc) is 3.52. The number of aromatic nitrogens is 2. The Bertz CT molecular complexity index is 1640. The van der Waals surface area contributed by atoms with Crippen LogP contribution in [-0.4, -0.2) is 47.5 Å². The molecule has 0 aliphatic carbocycles. The summed E-state index contributed by atoms with van der Waals surface area (Å²) in [4.78, 5) is 17.9. The SMILES string of the molecule is COc1ccc(N2C(=S)N[C@H](c3ccccn3)[C@@H]2c2cccn2-c2ccc(C(=O)O)cc2)cc1NS(C)(=O)=O. The number of carbonyl (C=O) groups is 1. The van der Waals surface area contributed by atoms with Gasteiger partial charge in [0, 0.05) is 29.5 Å². The fourth-order valence-corrected chi connectivity index (χ4v) is 5.60. The van der Waals surface area contributed by atoms with E-state index in [-0.39, 0.29) is 17.3 Å². The highest BCUT2D eigenvalue weighted by atomic mass is 32.2. The number of sulfonamides is 1. The van der Waals surface area contributed by atoms with Gasteiger partial charge < -0.3 is 24.6 Å². The number of nitrogens with zero attached hydrogens (tertiary/aromatic N) is 3. The Hall–Kier alpha value is -4.42. The standard InChI is InChI=1S/C27H25N5O5S2/c1-37-23-13-12-19(16-21(23)30-39(2,35)36)32-25(24(29-27(32)38)20-6-3-4-14-28-20)22-7-5-15-31(22)18-10-8-17(9-11-18)26(33)34/h3-16,24-25,30H,1-2H3,(H,29,38)(H,33,34)/t24-,25+/m1/s1. The molecule has 0 spiro atoms. The minimum absolute atomic E-state index is 0.188. The molecule has 2 aromatic heterocycles. The number of hydrogen-bond acceptors (Lipinski definition) is 6. The van der Waals surface area contributed by atoms with Crippen molar-refractivity contribution in [2.45, 2.75) is 12.1 Å². The van der Waals surface area contributed by atoms with Crippen LogP contribution in [-0.2, 0) is 10.0 Å². The molecule has 0 bridgehead atoms. The highest BCUT2D eigenvalue weighted by molar-refractivity contribution is 7.92. The third-order valence-electron chi connectivity index (χ3n) is 6.33. The lowest BCUT2D eigenvalue weighted by Gasteiger charge is -2.29. The van der Waals surface area contributed by atoms with Gasteiger partial charge in [0.15, 0.2) is 5.11 Å². The van der Waals surface area contributed by atoms with Gasteiger partial charge in [-0.25, -0.2) is 13.2 Å². The molecule has 1 aliphatic heterocycles. The summed E-state index contributed by atoms with van der Waals surface area (Å²) in [5.41, 5.74) is 3.50. The molecule has 200 valence electrons. The summed E-state index contributed by atoms with van der Waals surface area (Å²) in [6.45, 7) is 0. The lowest BCUT2D eigenvalue weighted by molar-refractivity contribution is 0.0697.